The minimum absolute atomic E-state index is 0.0131. The highest BCUT2D eigenvalue weighted by Crippen LogP contribution is 2.34. The van der Waals surface area contributed by atoms with Crippen LogP contribution >= 0.6 is 11.8 Å². The first kappa shape index (κ1) is 20.5. The molecule has 150 valence electrons. The second-order valence-corrected chi connectivity index (χ2v) is 9.65. The maximum absolute atomic E-state index is 2.30. The van der Waals surface area contributed by atoms with Gasteiger partial charge in [-0.05, 0) is 60.4 Å². The lowest BCUT2D eigenvalue weighted by Crippen LogP contribution is -2.18. The minimum Gasteiger partial charge on any atom is -0.0901 e. The van der Waals surface area contributed by atoms with Crippen LogP contribution in [0.3, 0.4) is 0 Å². The van der Waals surface area contributed by atoms with Gasteiger partial charge in [-0.15, -0.1) is 0 Å². The van der Waals surface area contributed by atoms with Gasteiger partial charge in [-0.2, -0.15) is 0 Å². The van der Waals surface area contributed by atoms with Crippen molar-refractivity contribution in [1.82, 2.24) is 0 Å². The van der Waals surface area contributed by atoms with Gasteiger partial charge in [-0.1, -0.05) is 110 Å². The Morgan fingerprint density at radius 3 is 1.27 bits per heavy atom. The van der Waals surface area contributed by atoms with Crippen molar-refractivity contribution >= 4 is 11.8 Å². The highest BCUT2D eigenvalue weighted by atomic mass is 32.2. The first-order valence-electron chi connectivity index (χ1n) is 10.4. The molecule has 4 aromatic rings. The monoisotopic (exact) mass is 408 g/mol. The highest BCUT2D eigenvalue weighted by molar-refractivity contribution is 7.99. The van der Waals surface area contributed by atoms with Crippen LogP contribution in [0.25, 0.3) is 11.1 Å². The Labute approximate surface area is 185 Å². The van der Waals surface area contributed by atoms with Crippen molar-refractivity contribution in [2.24, 2.45) is 0 Å². The lowest BCUT2D eigenvalue weighted by Gasteiger charge is -2.26. The normalized spacial score (nSPS) is 11.5. The molecule has 0 saturated carbocycles. The zero-order valence-electron chi connectivity index (χ0n) is 18.1. The second-order valence-electron chi connectivity index (χ2n) is 8.51. The number of aryl methyl sites for hydroxylation is 2. The molecule has 0 aliphatic heterocycles. The number of hydrogen-bond donors (Lipinski definition) is 0. The van der Waals surface area contributed by atoms with Crippen LogP contribution in [0, 0.1) is 13.8 Å². The van der Waals surface area contributed by atoms with Crippen molar-refractivity contribution in [3.05, 3.63) is 119 Å². The molecule has 0 atom stereocenters. The SMILES string of the molecule is Cc1ccc(Sc2ccc(-c3ccc(C(C)(C)c4ccc(C)cc4)cc3)cc2)cc1. The minimum atomic E-state index is -0.0131. The molecule has 0 N–H and O–H groups in total. The van der Waals surface area contributed by atoms with E-state index < -0.39 is 0 Å². The number of benzene rings is 4. The van der Waals surface area contributed by atoms with Gasteiger partial charge in [0.15, 0.2) is 0 Å². The second kappa shape index (κ2) is 8.53. The third-order valence-electron chi connectivity index (χ3n) is 5.82. The summed E-state index contributed by atoms with van der Waals surface area (Å²) in [7, 11) is 0. The van der Waals surface area contributed by atoms with E-state index >= 15 is 0 Å². The Morgan fingerprint density at radius 1 is 0.467 bits per heavy atom. The van der Waals surface area contributed by atoms with Gasteiger partial charge in [0.2, 0.25) is 0 Å². The molecular weight excluding hydrogens is 380 g/mol. The summed E-state index contributed by atoms with van der Waals surface area (Å²) in [5, 5.41) is 0. The van der Waals surface area contributed by atoms with Gasteiger partial charge in [-0.25, -0.2) is 0 Å². The molecule has 0 amide bonds. The predicted octanol–water partition coefficient (Wildman–Crippen LogP) is 8.45. The number of rotatable bonds is 5. The number of hydrogen-bond acceptors (Lipinski definition) is 1. The summed E-state index contributed by atoms with van der Waals surface area (Å²) in [6, 6.07) is 35.5. The molecule has 1 heteroatoms. The quantitative estimate of drug-likeness (QED) is 0.319. The van der Waals surface area contributed by atoms with Gasteiger partial charge in [0, 0.05) is 15.2 Å². The van der Waals surface area contributed by atoms with Gasteiger partial charge in [0.05, 0.1) is 0 Å². The molecule has 0 unspecified atom stereocenters. The van der Waals surface area contributed by atoms with Crippen molar-refractivity contribution in [1.29, 1.82) is 0 Å². The van der Waals surface area contributed by atoms with E-state index in [1.807, 2.05) is 0 Å². The average Bonchev–Trinajstić information content (AvgIpc) is 2.76. The van der Waals surface area contributed by atoms with Crippen LogP contribution in [0.15, 0.2) is 107 Å². The first-order chi connectivity index (χ1) is 14.4. The Hall–Kier alpha value is -2.77. The van der Waals surface area contributed by atoms with E-state index in [0.29, 0.717) is 0 Å². The van der Waals surface area contributed by atoms with Gasteiger partial charge in [0.25, 0.3) is 0 Å². The maximum Gasteiger partial charge on any atom is 0.0146 e. The molecule has 0 heterocycles. The van der Waals surface area contributed by atoms with Crippen LogP contribution < -0.4 is 0 Å². The zero-order valence-corrected chi connectivity index (χ0v) is 19.0. The molecule has 0 radical (unpaired) electrons. The molecule has 0 saturated heterocycles. The van der Waals surface area contributed by atoms with E-state index in [9.17, 15) is 0 Å². The summed E-state index contributed by atoms with van der Waals surface area (Å²) in [5.41, 5.74) is 7.77. The van der Waals surface area contributed by atoms with E-state index in [0.717, 1.165) is 0 Å². The molecule has 0 aromatic heterocycles. The molecule has 0 spiro atoms. The Kier molecular flexibility index (Phi) is 5.83. The van der Waals surface area contributed by atoms with E-state index in [2.05, 4.69) is 125 Å². The Balaban J connectivity index is 1.51. The van der Waals surface area contributed by atoms with Crippen molar-refractivity contribution in [2.75, 3.05) is 0 Å². The molecule has 4 aromatic carbocycles. The Morgan fingerprint density at radius 2 is 0.800 bits per heavy atom. The standard InChI is InChI=1S/C29H28S/c1-21-5-13-25(14-6-21)29(3,4)26-15-9-23(10-16-26)24-11-19-28(20-12-24)30-27-17-7-22(2)8-18-27/h5-20H,1-4H3. The molecular formula is C29H28S. The molecule has 0 bridgehead atoms. The maximum atomic E-state index is 2.30. The molecule has 30 heavy (non-hydrogen) atoms. The van der Waals surface area contributed by atoms with Gasteiger partial charge >= 0.3 is 0 Å². The summed E-state index contributed by atoms with van der Waals surface area (Å²) in [4.78, 5) is 2.54. The van der Waals surface area contributed by atoms with E-state index in [1.165, 1.54) is 43.2 Å². The van der Waals surface area contributed by atoms with Crippen molar-refractivity contribution in [3.8, 4) is 11.1 Å². The van der Waals surface area contributed by atoms with E-state index in [-0.39, 0.29) is 5.41 Å². The van der Waals surface area contributed by atoms with Crippen molar-refractivity contribution < 1.29 is 0 Å². The van der Waals surface area contributed by atoms with E-state index in [1.54, 1.807) is 11.8 Å². The summed E-state index contributed by atoms with van der Waals surface area (Å²) >= 11 is 1.80. The molecule has 4 rings (SSSR count). The van der Waals surface area contributed by atoms with Crippen LogP contribution in [-0.4, -0.2) is 0 Å². The third kappa shape index (κ3) is 4.52. The molecule has 0 nitrogen and oxygen atoms in total. The molecule has 0 aliphatic carbocycles. The lowest BCUT2D eigenvalue weighted by molar-refractivity contribution is 0.641. The summed E-state index contributed by atoms with van der Waals surface area (Å²) in [6.07, 6.45) is 0. The first-order valence-corrected chi connectivity index (χ1v) is 11.3. The van der Waals surface area contributed by atoms with Crippen LogP contribution in [0.2, 0.25) is 0 Å². The van der Waals surface area contributed by atoms with Crippen LogP contribution in [-0.2, 0) is 5.41 Å². The van der Waals surface area contributed by atoms with E-state index in [4.69, 9.17) is 0 Å². The van der Waals surface area contributed by atoms with Gasteiger partial charge in [-0.3, -0.25) is 0 Å². The van der Waals surface area contributed by atoms with Crippen molar-refractivity contribution in [2.45, 2.75) is 42.9 Å². The summed E-state index contributed by atoms with van der Waals surface area (Å²) in [6.45, 7) is 8.85. The largest absolute Gasteiger partial charge is 0.0901 e. The molecule has 0 aliphatic rings. The van der Waals surface area contributed by atoms with Crippen LogP contribution in [0.5, 0.6) is 0 Å². The fourth-order valence-electron chi connectivity index (χ4n) is 3.67. The van der Waals surface area contributed by atoms with Gasteiger partial charge < -0.3 is 0 Å². The summed E-state index contributed by atoms with van der Waals surface area (Å²) in [5.74, 6) is 0. The van der Waals surface area contributed by atoms with Crippen LogP contribution in [0.1, 0.15) is 36.1 Å². The smallest absolute Gasteiger partial charge is 0.0146 e. The Bertz CT molecular complexity index is 1100. The molecule has 0 fully saturated rings. The zero-order chi connectivity index (χ0) is 21.1. The van der Waals surface area contributed by atoms with Gasteiger partial charge in [0.1, 0.15) is 0 Å². The third-order valence-corrected chi connectivity index (χ3v) is 6.84. The highest BCUT2D eigenvalue weighted by Gasteiger charge is 2.22. The fraction of sp³-hybridized carbons (Fsp3) is 0.172. The fourth-order valence-corrected chi connectivity index (χ4v) is 4.49. The lowest BCUT2D eigenvalue weighted by atomic mass is 9.77. The summed E-state index contributed by atoms with van der Waals surface area (Å²) < 4.78 is 0. The van der Waals surface area contributed by atoms with Crippen molar-refractivity contribution in [3.63, 3.8) is 0 Å². The topological polar surface area (TPSA) is 0 Å². The van der Waals surface area contributed by atoms with Crippen LogP contribution in [0.4, 0.5) is 0 Å². The predicted molar refractivity (Wildman–Crippen MR) is 130 cm³/mol. The average molecular weight is 409 g/mol.